The molecule has 0 aromatic rings. The summed E-state index contributed by atoms with van der Waals surface area (Å²) in [6.45, 7) is 4.87. The lowest BCUT2D eigenvalue weighted by Gasteiger charge is -2.32. The van der Waals surface area contributed by atoms with Crippen molar-refractivity contribution in [3.05, 3.63) is 0 Å². The molecule has 2 N–H and O–H groups in total. The maximum absolute atomic E-state index is 9.18. The predicted molar refractivity (Wildman–Crippen MR) is 55.7 cm³/mol. The van der Waals surface area contributed by atoms with Crippen LogP contribution in [-0.4, -0.2) is 23.8 Å². The smallest absolute Gasteiger partial charge is 0.0636 e. The van der Waals surface area contributed by atoms with Crippen LogP contribution in [0.5, 0.6) is 0 Å². The highest BCUT2D eigenvalue weighted by molar-refractivity contribution is 4.80. The first-order valence-corrected chi connectivity index (χ1v) is 5.65. The third-order valence-electron chi connectivity index (χ3n) is 3.11. The van der Waals surface area contributed by atoms with Crippen LogP contribution in [0.15, 0.2) is 0 Å². The van der Waals surface area contributed by atoms with Crippen molar-refractivity contribution in [3.8, 4) is 0 Å². The summed E-state index contributed by atoms with van der Waals surface area (Å²) >= 11 is 0. The van der Waals surface area contributed by atoms with Gasteiger partial charge in [-0.1, -0.05) is 26.2 Å². The van der Waals surface area contributed by atoms with Crippen LogP contribution in [0, 0.1) is 5.92 Å². The van der Waals surface area contributed by atoms with Gasteiger partial charge in [-0.15, -0.1) is 0 Å². The molecular weight excluding hydrogens is 162 g/mol. The Labute approximate surface area is 81.7 Å². The lowest BCUT2D eigenvalue weighted by molar-refractivity contribution is 0.167. The van der Waals surface area contributed by atoms with E-state index >= 15 is 0 Å². The van der Waals surface area contributed by atoms with Gasteiger partial charge in [-0.05, 0) is 25.7 Å². The van der Waals surface area contributed by atoms with E-state index in [1.165, 1.54) is 32.1 Å². The largest absolute Gasteiger partial charge is 0.392 e. The zero-order valence-electron chi connectivity index (χ0n) is 8.92. The van der Waals surface area contributed by atoms with Crippen LogP contribution in [0.4, 0.5) is 0 Å². The SMILES string of the molecule is CC[C@@H]1CCCC[C@@H]1NC[C@H](C)O. The predicted octanol–water partition coefficient (Wildman–Crippen LogP) is 1.93. The average molecular weight is 185 g/mol. The minimum absolute atomic E-state index is 0.209. The summed E-state index contributed by atoms with van der Waals surface area (Å²) in [6, 6.07) is 0.661. The van der Waals surface area contributed by atoms with Crippen molar-refractivity contribution in [3.63, 3.8) is 0 Å². The van der Waals surface area contributed by atoms with Crippen molar-refractivity contribution in [1.82, 2.24) is 5.32 Å². The molecule has 3 atom stereocenters. The highest BCUT2D eigenvalue weighted by Crippen LogP contribution is 2.26. The second-order valence-electron chi connectivity index (χ2n) is 4.32. The molecule has 0 unspecified atom stereocenters. The van der Waals surface area contributed by atoms with E-state index in [1.54, 1.807) is 0 Å². The fraction of sp³-hybridized carbons (Fsp3) is 1.00. The second-order valence-corrected chi connectivity index (χ2v) is 4.32. The van der Waals surface area contributed by atoms with Crippen molar-refractivity contribution >= 4 is 0 Å². The Balaban J connectivity index is 2.27. The van der Waals surface area contributed by atoms with E-state index in [4.69, 9.17) is 0 Å². The topological polar surface area (TPSA) is 32.3 Å². The minimum atomic E-state index is -0.209. The van der Waals surface area contributed by atoms with E-state index in [9.17, 15) is 5.11 Å². The zero-order chi connectivity index (χ0) is 9.68. The van der Waals surface area contributed by atoms with Gasteiger partial charge in [-0.3, -0.25) is 0 Å². The number of aliphatic hydroxyl groups excluding tert-OH is 1. The molecule has 0 aromatic heterocycles. The van der Waals surface area contributed by atoms with Gasteiger partial charge < -0.3 is 10.4 Å². The van der Waals surface area contributed by atoms with Crippen molar-refractivity contribution in [2.24, 2.45) is 5.92 Å². The fourth-order valence-corrected chi connectivity index (χ4v) is 2.29. The molecule has 2 heteroatoms. The molecule has 0 heterocycles. The van der Waals surface area contributed by atoms with Gasteiger partial charge in [-0.2, -0.15) is 0 Å². The van der Waals surface area contributed by atoms with Crippen molar-refractivity contribution < 1.29 is 5.11 Å². The van der Waals surface area contributed by atoms with Crippen molar-refractivity contribution in [2.45, 2.75) is 58.1 Å². The molecule has 2 nitrogen and oxygen atoms in total. The first-order chi connectivity index (χ1) is 6.24. The maximum atomic E-state index is 9.18. The average Bonchev–Trinajstić information content (AvgIpc) is 2.15. The number of hydrogen-bond donors (Lipinski definition) is 2. The summed E-state index contributed by atoms with van der Waals surface area (Å²) in [5.41, 5.74) is 0. The fourth-order valence-electron chi connectivity index (χ4n) is 2.29. The molecule has 0 spiro atoms. The molecule has 1 rings (SSSR count). The summed E-state index contributed by atoms with van der Waals surface area (Å²) in [4.78, 5) is 0. The van der Waals surface area contributed by atoms with E-state index in [1.807, 2.05) is 6.92 Å². The molecule has 0 amide bonds. The van der Waals surface area contributed by atoms with Crippen LogP contribution in [-0.2, 0) is 0 Å². The van der Waals surface area contributed by atoms with Crippen molar-refractivity contribution in [1.29, 1.82) is 0 Å². The van der Waals surface area contributed by atoms with Crippen LogP contribution in [0.25, 0.3) is 0 Å². The quantitative estimate of drug-likeness (QED) is 0.701. The van der Waals surface area contributed by atoms with Crippen LogP contribution in [0.3, 0.4) is 0 Å². The highest BCUT2D eigenvalue weighted by atomic mass is 16.3. The summed E-state index contributed by atoms with van der Waals surface area (Å²) in [5.74, 6) is 0.840. The lowest BCUT2D eigenvalue weighted by atomic mass is 9.83. The van der Waals surface area contributed by atoms with Gasteiger partial charge in [0.2, 0.25) is 0 Å². The van der Waals surface area contributed by atoms with Gasteiger partial charge >= 0.3 is 0 Å². The molecule has 0 aliphatic heterocycles. The molecule has 13 heavy (non-hydrogen) atoms. The molecule has 0 bridgehead atoms. The Hall–Kier alpha value is -0.0800. The van der Waals surface area contributed by atoms with Crippen molar-refractivity contribution in [2.75, 3.05) is 6.54 Å². The van der Waals surface area contributed by atoms with Gasteiger partial charge in [0.25, 0.3) is 0 Å². The van der Waals surface area contributed by atoms with Crippen LogP contribution < -0.4 is 5.32 Å². The Morgan fingerprint density at radius 3 is 2.69 bits per heavy atom. The monoisotopic (exact) mass is 185 g/mol. The van der Waals surface area contributed by atoms with Crippen LogP contribution in [0.2, 0.25) is 0 Å². The zero-order valence-corrected chi connectivity index (χ0v) is 8.92. The first kappa shape index (κ1) is 11.0. The number of rotatable bonds is 4. The normalized spacial score (nSPS) is 31.6. The van der Waals surface area contributed by atoms with E-state index < -0.39 is 0 Å². The first-order valence-electron chi connectivity index (χ1n) is 5.65. The molecule has 0 radical (unpaired) electrons. The number of hydrogen-bond acceptors (Lipinski definition) is 2. The lowest BCUT2D eigenvalue weighted by Crippen LogP contribution is -2.41. The second kappa shape index (κ2) is 5.61. The summed E-state index contributed by atoms with van der Waals surface area (Å²) in [5, 5.41) is 12.7. The molecule has 78 valence electrons. The highest BCUT2D eigenvalue weighted by Gasteiger charge is 2.22. The number of aliphatic hydroxyl groups is 1. The van der Waals surface area contributed by atoms with Gasteiger partial charge in [0.15, 0.2) is 0 Å². The Kier molecular flexibility index (Phi) is 4.74. The van der Waals surface area contributed by atoms with E-state index in [2.05, 4.69) is 12.2 Å². The molecule has 1 saturated carbocycles. The van der Waals surface area contributed by atoms with E-state index in [0.717, 1.165) is 12.5 Å². The van der Waals surface area contributed by atoms with Crippen LogP contribution >= 0.6 is 0 Å². The molecular formula is C11H23NO. The molecule has 0 aromatic carbocycles. The third kappa shape index (κ3) is 3.65. The van der Waals surface area contributed by atoms with Gasteiger partial charge in [0, 0.05) is 12.6 Å². The van der Waals surface area contributed by atoms with E-state index in [-0.39, 0.29) is 6.10 Å². The maximum Gasteiger partial charge on any atom is 0.0636 e. The third-order valence-corrected chi connectivity index (χ3v) is 3.11. The van der Waals surface area contributed by atoms with Crippen LogP contribution in [0.1, 0.15) is 46.0 Å². The molecule has 1 aliphatic rings. The molecule has 0 saturated heterocycles. The van der Waals surface area contributed by atoms with E-state index in [0.29, 0.717) is 6.04 Å². The van der Waals surface area contributed by atoms with Gasteiger partial charge in [0.05, 0.1) is 6.10 Å². The number of nitrogens with one attached hydrogen (secondary N) is 1. The Morgan fingerprint density at radius 1 is 1.38 bits per heavy atom. The summed E-state index contributed by atoms with van der Waals surface area (Å²) in [6.07, 6.45) is 6.48. The van der Waals surface area contributed by atoms with Gasteiger partial charge in [0.1, 0.15) is 0 Å². The summed E-state index contributed by atoms with van der Waals surface area (Å²) < 4.78 is 0. The Bertz CT molecular complexity index is 136. The Morgan fingerprint density at radius 2 is 2.08 bits per heavy atom. The molecule has 1 aliphatic carbocycles. The minimum Gasteiger partial charge on any atom is -0.392 e. The molecule has 1 fully saturated rings. The van der Waals surface area contributed by atoms with Gasteiger partial charge in [-0.25, -0.2) is 0 Å². The summed E-state index contributed by atoms with van der Waals surface area (Å²) in [7, 11) is 0. The standard InChI is InChI=1S/C11H23NO/c1-3-10-6-4-5-7-11(10)12-8-9(2)13/h9-13H,3-8H2,1-2H3/t9-,10+,11-/m0/s1.